The highest BCUT2D eigenvalue weighted by Gasteiger charge is 2.36. The van der Waals surface area contributed by atoms with Crippen molar-refractivity contribution in [3.05, 3.63) is 65.2 Å². The highest BCUT2D eigenvalue weighted by molar-refractivity contribution is 7.92. The zero-order valence-electron chi connectivity index (χ0n) is 14.5. The van der Waals surface area contributed by atoms with Crippen molar-refractivity contribution < 1.29 is 26.4 Å². The normalized spacial score (nSPS) is 15.5. The molecule has 0 aromatic heterocycles. The predicted molar refractivity (Wildman–Crippen MR) is 96.0 cm³/mol. The Bertz CT molecular complexity index is 970. The van der Waals surface area contributed by atoms with Crippen LogP contribution in [0.4, 0.5) is 18.9 Å². The van der Waals surface area contributed by atoms with Crippen molar-refractivity contribution in [1.29, 1.82) is 0 Å². The number of halogens is 3. The number of benzene rings is 2. The molecule has 0 bridgehead atoms. The van der Waals surface area contributed by atoms with Crippen LogP contribution < -0.4 is 4.90 Å². The van der Waals surface area contributed by atoms with E-state index in [1.807, 2.05) is 12.1 Å². The molecule has 4 nitrogen and oxygen atoms in total. The Hall–Kier alpha value is -2.35. The third kappa shape index (κ3) is 4.00. The van der Waals surface area contributed by atoms with E-state index in [0.29, 0.717) is 18.7 Å². The summed E-state index contributed by atoms with van der Waals surface area (Å²) in [5, 5.41) is -1.35. The molecule has 0 aliphatic carbocycles. The molecule has 0 fully saturated rings. The minimum atomic E-state index is -4.56. The Morgan fingerprint density at radius 3 is 2.56 bits per heavy atom. The second-order valence-corrected chi connectivity index (χ2v) is 8.84. The van der Waals surface area contributed by atoms with Crippen molar-refractivity contribution in [3.63, 3.8) is 0 Å². The van der Waals surface area contributed by atoms with Crippen molar-refractivity contribution in [2.75, 3.05) is 11.4 Å². The van der Waals surface area contributed by atoms with Crippen molar-refractivity contribution in [1.82, 2.24) is 0 Å². The van der Waals surface area contributed by atoms with Gasteiger partial charge in [-0.3, -0.25) is 4.79 Å². The summed E-state index contributed by atoms with van der Waals surface area (Å²) < 4.78 is 63.8. The van der Waals surface area contributed by atoms with Gasteiger partial charge in [0.1, 0.15) is 5.25 Å². The van der Waals surface area contributed by atoms with Crippen LogP contribution in [0.3, 0.4) is 0 Å². The molecular weight excluding hydrogens is 379 g/mol. The van der Waals surface area contributed by atoms with E-state index >= 15 is 0 Å². The summed E-state index contributed by atoms with van der Waals surface area (Å²) in [5.41, 5.74) is 0.742. The first-order valence-corrected chi connectivity index (χ1v) is 10.1. The van der Waals surface area contributed by atoms with Crippen molar-refractivity contribution in [2.24, 2.45) is 0 Å². The number of hydrogen-bond acceptors (Lipinski definition) is 3. The minimum absolute atomic E-state index is 0.00583. The monoisotopic (exact) mass is 397 g/mol. The van der Waals surface area contributed by atoms with Crippen LogP contribution in [0.1, 0.15) is 23.6 Å². The summed E-state index contributed by atoms with van der Waals surface area (Å²) >= 11 is 0. The highest BCUT2D eigenvalue weighted by Crippen LogP contribution is 2.31. The van der Waals surface area contributed by atoms with Gasteiger partial charge in [0.15, 0.2) is 9.84 Å². The van der Waals surface area contributed by atoms with E-state index in [-0.39, 0.29) is 5.56 Å². The van der Waals surface area contributed by atoms with Crippen molar-refractivity contribution >= 4 is 21.4 Å². The molecule has 27 heavy (non-hydrogen) atoms. The molecule has 0 saturated heterocycles. The zero-order valence-corrected chi connectivity index (χ0v) is 15.3. The van der Waals surface area contributed by atoms with Crippen LogP contribution in [-0.2, 0) is 33.0 Å². The lowest BCUT2D eigenvalue weighted by Gasteiger charge is -2.22. The number of sulfone groups is 1. The lowest BCUT2D eigenvalue weighted by atomic mass is 10.1. The summed E-state index contributed by atoms with van der Waals surface area (Å²) in [6.45, 7) is 1.67. The van der Waals surface area contributed by atoms with E-state index < -0.39 is 38.5 Å². The Labute approximate surface area is 155 Å². The Balaban J connectivity index is 1.80. The number of alkyl halides is 3. The molecule has 1 aliphatic heterocycles. The molecular formula is C19H18F3NO3S. The molecule has 0 saturated carbocycles. The quantitative estimate of drug-likeness (QED) is 0.792. The molecule has 3 rings (SSSR count). The van der Waals surface area contributed by atoms with E-state index in [4.69, 9.17) is 0 Å². The average Bonchev–Trinajstić information content (AvgIpc) is 3.03. The van der Waals surface area contributed by atoms with Gasteiger partial charge in [0.05, 0.1) is 11.3 Å². The molecule has 0 spiro atoms. The summed E-state index contributed by atoms with van der Waals surface area (Å²) in [5.74, 6) is -1.19. The first-order chi connectivity index (χ1) is 12.6. The van der Waals surface area contributed by atoms with Gasteiger partial charge in [-0.05, 0) is 36.6 Å². The van der Waals surface area contributed by atoms with Crippen molar-refractivity contribution in [3.8, 4) is 0 Å². The molecule has 0 radical (unpaired) electrons. The predicted octanol–water partition coefficient (Wildman–Crippen LogP) is 3.60. The number of amides is 1. The van der Waals surface area contributed by atoms with E-state index in [9.17, 15) is 26.4 Å². The molecule has 1 unspecified atom stereocenters. The maximum Gasteiger partial charge on any atom is 0.416 e. The van der Waals surface area contributed by atoms with Gasteiger partial charge < -0.3 is 4.90 Å². The zero-order chi connectivity index (χ0) is 19.8. The van der Waals surface area contributed by atoms with Crippen LogP contribution in [0, 0.1) is 0 Å². The van der Waals surface area contributed by atoms with Gasteiger partial charge in [0.25, 0.3) is 0 Å². The molecule has 144 valence electrons. The van der Waals surface area contributed by atoms with Crippen LogP contribution in [0.15, 0.2) is 48.5 Å². The third-order valence-electron chi connectivity index (χ3n) is 4.66. The van der Waals surface area contributed by atoms with Gasteiger partial charge in [-0.15, -0.1) is 0 Å². The molecule has 1 heterocycles. The maximum atomic E-state index is 12.8. The Morgan fingerprint density at radius 1 is 1.15 bits per heavy atom. The second-order valence-electron chi connectivity index (χ2n) is 6.52. The average molecular weight is 397 g/mol. The first-order valence-electron chi connectivity index (χ1n) is 8.36. The van der Waals surface area contributed by atoms with E-state index in [2.05, 4.69) is 0 Å². The SMILES string of the molecule is CC(C(=O)N1CCc2ccccc21)S(=O)(=O)Cc1cccc(C(F)(F)F)c1. The van der Waals surface area contributed by atoms with Gasteiger partial charge in [-0.2, -0.15) is 13.2 Å². The molecule has 8 heteroatoms. The molecule has 0 N–H and O–H groups in total. The van der Waals surface area contributed by atoms with Gasteiger partial charge in [-0.1, -0.05) is 36.4 Å². The van der Waals surface area contributed by atoms with Crippen LogP contribution in [-0.4, -0.2) is 26.1 Å². The van der Waals surface area contributed by atoms with Crippen molar-refractivity contribution in [2.45, 2.75) is 30.5 Å². The second kappa shape index (κ2) is 6.99. The number of rotatable bonds is 4. The number of nitrogens with zero attached hydrogens (tertiary/aromatic N) is 1. The number of hydrogen-bond donors (Lipinski definition) is 0. The Kier molecular flexibility index (Phi) is 5.03. The summed E-state index contributed by atoms with van der Waals surface area (Å²) in [6, 6.07) is 11.4. The van der Waals surface area contributed by atoms with Gasteiger partial charge >= 0.3 is 6.18 Å². The Morgan fingerprint density at radius 2 is 1.85 bits per heavy atom. The topological polar surface area (TPSA) is 54.5 Å². The highest BCUT2D eigenvalue weighted by atomic mass is 32.2. The lowest BCUT2D eigenvalue weighted by Crippen LogP contribution is -2.41. The number of anilines is 1. The standard InChI is InChI=1S/C19H18F3NO3S/c1-13(18(24)23-10-9-15-6-2-3-8-17(15)23)27(25,26)12-14-5-4-7-16(11-14)19(20,21)22/h2-8,11,13H,9-10,12H2,1H3. The molecule has 1 aliphatic rings. The third-order valence-corrected chi connectivity index (χ3v) is 6.68. The summed E-state index contributed by atoms with van der Waals surface area (Å²) in [7, 11) is -3.97. The first kappa shape index (κ1) is 19.4. The molecule has 2 aromatic carbocycles. The van der Waals surface area contributed by atoms with E-state index in [1.165, 1.54) is 17.9 Å². The number of carbonyl (C=O) groups is 1. The van der Waals surface area contributed by atoms with Gasteiger partial charge in [0, 0.05) is 12.2 Å². The fourth-order valence-electron chi connectivity index (χ4n) is 3.13. The summed E-state index contributed by atoms with van der Waals surface area (Å²) in [4.78, 5) is 14.2. The molecule has 2 aromatic rings. The largest absolute Gasteiger partial charge is 0.416 e. The van der Waals surface area contributed by atoms with E-state index in [1.54, 1.807) is 12.1 Å². The van der Waals surface area contributed by atoms with Crippen LogP contribution in [0.2, 0.25) is 0 Å². The smallest absolute Gasteiger partial charge is 0.311 e. The molecule has 1 amide bonds. The van der Waals surface area contributed by atoms with Crippen LogP contribution in [0.5, 0.6) is 0 Å². The van der Waals surface area contributed by atoms with Crippen LogP contribution >= 0.6 is 0 Å². The summed E-state index contributed by atoms with van der Waals surface area (Å²) in [6.07, 6.45) is -3.91. The van der Waals surface area contributed by atoms with Gasteiger partial charge in [0.2, 0.25) is 5.91 Å². The number of carbonyl (C=O) groups excluding carboxylic acids is 1. The maximum absolute atomic E-state index is 12.8. The lowest BCUT2D eigenvalue weighted by molar-refractivity contribution is -0.137. The van der Waals surface area contributed by atoms with Gasteiger partial charge in [-0.25, -0.2) is 8.42 Å². The molecule has 1 atom stereocenters. The van der Waals surface area contributed by atoms with E-state index in [0.717, 1.165) is 23.8 Å². The number of fused-ring (bicyclic) bond motifs is 1. The number of para-hydroxylation sites is 1. The van der Waals surface area contributed by atoms with Crippen LogP contribution in [0.25, 0.3) is 0 Å². The fourth-order valence-corrected chi connectivity index (χ4v) is 4.46. The fraction of sp³-hybridized carbons (Fsp3) is 0.316. The minimum Gasteiger partial charge on any atom is -0.311 e.